The number of anilines is 2. The molecule has 0 bridgehead atoms. The lowest BCUT2D eigenvalue weighted by atomic mass is 10.1. The van der Waals surface area contributed by atoms with Gasteiger partial charge in [-0.15, -0.1) is 11.8 Å². The maximum atomic E-state index is 13.7. The molecule has 0 aliphatic rings. The van der Waals surface area contributed by atoms with E-state index in [4.69, 9.17) is 4.42 Å². The summed E-state index contributed by atoms with van der Waals surface area (Å²) >= 11 is 2.82. The van der Waals surface area contributed by atoms with E-state index in [1.807, 2.05) is 110 Å². The Morgan fingerprint density at radius 2 is 1.44 bits per heavy atom. The van der Waals surface area contributed by atoms with E-state index >= 15 is 0 Å². The van der Waals surface area contributed by atoms with Gasteiger partial charge in [-0.3, -0.25) is 14.4 Å². The average Bonchev–Trinajstić information content (AvgIpc) is 3.82. The van der Waals surface area contributed by atoms with Crippen LogP contribution < -0.4 is 16.0 Å². The quantitative estimate of drug-likeness (QED) is 0.0906. The van der Waals surface area contributed by atoms with Gasteiger partial charge in [0.05, 0.1) is 10.2 Å². The Bertz CT molecular complexity index is 2340. The second-order valence-electron chi connectivity index (χ2n) is 11.8. The van der Waals surface area contributed by atoms with Crippen LogP contribution in [-0.4, -0.2) is 22.7 Å². The van der Waals surface area contributed by atoms with Crippen molar-refractivity contribution < 1.29 is 18.8 Å². The highest BCUT2D eigenvalue weighted by atomic mass is 32.2. The summed E-state index contributed by atoms with van der Waals surface area (Å²) < 4.78 is 7.04. The molecule has 0 aliphatic carbocycles. The summed E-state index contributed by atoms with van der Waals surface area (Å²) in [4.78, 5) is 45.8. The molecule has 1 atom stereocenters. The van der Waals surface area contributed by atoms with E-state index in [2.05, 4.69) is 20.9 Å². The van der Waals surface area contributed by atoms with Crippen molar-refractivity contribution in [2.75, 3.05) is 10.6 Å². The van der Waals surface area contributed by atoms with Gasteiger partial charge in [0.2, 0.25) is 5.91 Å². The summed E-state index contributed by atoms with van der Waals surface area (Å²) in [6, 6.07) is 44.7. The predicted molar refractivity (Wildman–Crippen MR) is 209 cm³/mol. The monoisotopic (exact) mass is 720 g/mol. The molecule has 52 heavy (non-hydrogen) atoms. The fourth-order valence-corrected chi connectivity index (χ4v) is 7.23. The Morgan fingerprint density at radius 1 is 0.750 bits per heavy atom. The Hall–Kier alpha value is -6.23. The number of hydrogen-bond donors (Lipinski definition) is 3. The smallest absolute Gasteiger partial charge is 0.272 e. The van der Waals surface area contributed by atoms with Crippen molar-refractivity contribution in [2.24, 2.45) is 0 Å². The van der Waals surface area contributed by atoms with Gasteiger partial charge < -0.3 is 20.4 Å². The molecule has 256 valence electrons. The highest BCUT2D eigenvalue weighted by Crippen LogP contribution is 2.37. The molecule has 0 unspecified atom stereocenters. The van der Waals surface area contributed by atoms with Crippen molar-refractivity contribution in [1.82, 2.24) is 10.3 Å². The summed E-state index contributed by atoms with van der Waals surface area (Å²) in [5.74, 6) is -0.126. The van der Waals surface area contributed by atoms with Crippen LogP contribution in [0.15, 0.2) is 161 Å². The number of carbonyl (C=O) groups is 3. The number of thiazole rings is 1. The van der Waals surface area contributed by atoms with Crippen molar-refractivity contribution >= 4 is 67.9 Å². The van der Waals surface area contributed by atoms with Crippen LogP contribution >= 0.6 is 23.1 Å². The third-order valence-electron chi connectivity index (χ3n) is 8.01. The lowest BCUT2D eigenvalue weighted by Crippen LogP contribution is -2.30. The first-order valence-corrected chi connectivity index (χ1v) is 18.1. The number of hydrogen-bond acceptors (Lipinski definition) is 7. The predicted octanol–water partition coefficient (Wildman–Crippen LogP) is 9.75. The molecule has 2 heterocycles. The molecule has 0 radical (unpaired) electrons. The number of amides is 3. The van der Waals surface area contributed by atoms with Crippen LogP contribution in [0.4, 0.5) is 10.8 Å². The van der Waals surface area contributed by atoms with Crippen LogP contribution in [0.3, 0.4) is 0 Å². The summed E-state index contributed by atoms with van der Waals surface area (Å²) in [6.45, 7) is 2.01. The fraction of sp³-hybridized carbons (Fsp3) is 0.0476. The molecule has 0 fully saturated rings. The number of para-hydroxylation sites is 1. The van der Waals surface area contributed by atoms with Gasteiger partial charge in [-0.05, 0) is 73.2 Å². The third-order valence-corrected chi connectivity index (χ3v) is 10.2. The molecule has 0 saturated carbocycles. The highest BCUT2D eigenvalue weighted by molar-refractivity contribution is 8.00. The molecule has 0 spiro atoms. The van der Waals surface area contributed by atoms with E-state index in [0.29, 0.717) is 27.9 Å². The molecule has 3 amide bonds. The molecular weight excluding hydrogens is 689 g/mol. The molecule has 0 aliphatic heterocycles. The van der Waals surface area contributed by atoms with Crippen LogP contribution in [0.2, 0.25) is 0 Å². The number of furan rings is 1. The van der Waals surface area contributed by atoms with E-state index < -0.39 is 17.1 Å². The second-order valence-corrected chi connectivity index (χ2v) is 14.0. The number of aromatic nitrogens is 1. The first-order chi connectivity index (χ1) is 25.4. The first kappa shape index (κ1) is 34.2. The van der Waals surface area contributed by atoms with Crippen molar-refractivity contribution in [3.63, 3.8) is 0 Å². The maximum absolute atomic E-state index is 13.7. The van der Waals surface area contributed by atoms with Crippen molar-refractivity contribution in [2.45, 2.75) is 17.1 Å². The van der Waals surface area contributed by atoms with Gasteiger partial charge in [0, 0.05) is 27.8 Å². The first-order valence-electron chi connectivity index (χ1n) is 16.4. The number of aryl methyl sites for hydroxylation is 1. The Morgan fingerprint density at radius 3 is 2.17 bits per heavy atom. The van der Waals surface area contributed by atoms with Gasteiger partial charge in [-0.2, -0.15) is 0 Å². The highest BCUT2D eigenvalue weighted by Gasteiger charge is 2.24. The summed E-state index contributed by atoms with van der Waals surface area (Å²) in [6.07, 6.45) is 1.51. The van der Waals surface area contributed by atoms with Gasteiger partial charge in [-0.25, -0.2) is 4.98 Å². The van der Waals surface area contributed by atoms with Gasteiger partial charge in [0.15, 0.2) is 5.13 Å². The SMILES string of the molecule is Cc1ccc(-c2ccc(/C=C(\NC(=O)c3ccccc3)C(=O)Nc3ccc(S[C@@H](C(=O)Nc4nc5ccccc5s4)c4ccccc4)cc3)o2)cc1. The zero-order chi connectivity index (χ0) is 35.9. The number of carbonyl (C=O) groups excluding carboxylic acids is 3. The van der Waals surface area contributed by atoms with E-state index in [0.717, 1.165) is 31.8 Å². The minimum atomic E-state index is -0.561. The van der Waals surface area contributed by atoms with Gasteiger partial charge in [0.1, 0.15) is 22.5 Å². The zero-order valence-electron chi connectivity index (χ0n) is 27.9. The van der Waals surface area contributed by atoms with Crippen molar-refractivity contribution in [3.05, 3.63) is 174 Å². The lowest BCUT2D eigenvalue weighted by molar-refractivity contribution is -0.116. The van der Waals surface area contributed by atoms with Gasteiger partial charge in [0.25, 0.3) is 11.8 Å². The third kappa shape index (κ3) is 8.38. The van der Waals surface area contributed by atoms with E-state index in [1.165, 1.54) is 29.2 Å². The number of rotatable bonds is 11. The van der Waals surface area contributed by atoms with E-state index in [-0.39, 0.29) is 11.6 Å². The number of nitrogens with zero attached hydrogens (tertiary/aromatic N) is 1. The van der Waals surface area contributed by atoms with Crippen molar-refractivity contribution in [1.29, 1.82) is 0 Å². The van der Waals surface area contributed by atoms with Crippen LogP contribution in [-0.2, 0) is 9.59 Å². The van der Waals surface area contributed by atoms with Crippen LogP contribution in [0, 0.1) is 6.92 Å². The molecule has 8 nitrogen and oxygen atoms in total. The van der Waals surface area contributed by atoms with E-state index in [9.17, 15) is 14.4 Å². The van der Waals surface area contributed by atoms with Crippen LogP contribution in [0.25, 0.3) is 27.6 Å². The topological polar surface area (TPSA) is 113 Å². The largest absolute Gasteiger partial charge is 0.457 e. The molecular formula is C42H32N4O4S2. The lowest BCUT2D eigenvalue weighted by Gasteiger charge is -2.16. The molecule has 0 saturated heterocycles. The Balaban J connectivity index is 1.08. The zero-order valence-corrected chi connectivity index (χ0v) is 29.5. The summed E-state index contributed by atoms with van der Waals surface area (Å²) in [7, 11) is 0. The number of nitrogens with one attached hydrogen (secondary N) is 3. The fourth-order valence-electron chi connectivity index (χ4n) is 5.34. The minimum Gasteiger partial charge on any atom is -0.457 e. The molecule has 2 aromatic heterocycles. The summed E-state index contributed by atoms with van der Waals surface area (Å²) in [5, 5.41) is 8.62. The Labute approximate surface area is 308 Å². The number of fused-ring (bicyclic) bond motifs is 1. The maximum Gasteiger partial charge on any atom is 0.272 e. The summed E-state index contributed by atoms with van der Waals surface area (Å²) in [5.41, 5.74) is 4.62. The van der Waals surface area contributed by atoms with Gasteiger partial charge in [-0.1, -0.05) is 102 Å². The minimum absolute atomic E-state index is 0.00720. The number of benzene rings is 5. The number of thioether (sulfide) groups is 1. The Kier molecular flexibility index (Phi) is 10.4. The average molecular weight is 721 g/mol. The van der Waals surface area contributed by atoms with E-state index in [1.54, 1.807) is 42.5 Å². The molecule has 5 aromatic carbocycles. The van der Waals surface area contributed by atoms with Crippen LogP contribution in [0.5, 0.6) is 0 Å². The molecule has 7 aromatic rings. The molecule has 10 heteroatoms. The normalized spacial score (nSPS) is 11.9. The second kappa shape index (κ2) is 15.8. The van der Waals surface area contributed by atoms with Crippen LogP contribution in [0.1, 0.15) is 32.5 Å². The van der Waals surface area contributed by atoms with Gasteiger partial charge >= 0.3 is 0 Å². The standard InChI is InChI=1S/C42H32N4O4S2/c1-27-16-18-28(19-17-27)36-25-22-32(50-36)26-35(44-39(47)30-12-6-3-7-13-30)40(48)43-31-20-23-33(24-21-31)51-38(29-10-4-2-5-11-29)41(49)46-42-45-34-14-8-9-15-37(34)52-42/h2-26,38H,1H3,(H,43,48)(H,44,47)(H,45,46,49)/b35-26-/t38-/m1/s1. The van der Waals surface area contributed by atoms with Crippen molar-refractivity contribution in [3.8, 4) is 11.3 Å². The molecule has 3 N–H and O–H groups in total. The molecule has 7 rings (SSSR count).